The van der Waals surface area contributed by atoms with Crippen LogP contribution in [0, 0.1) is 0 Å². The molecule has 0 radical (unpaired) electrons. The number of furan rings is 1. The van der Waals surface area contributed by atoms with Gasteiger partial charge >= 0.3 is 5.91 Å². The zero-order chi connectivity index (χ0) is 14.9. The van der Waals surface area contributed by atoms with Crippen LogP contribution < -0.4 is 5.43 Å². The van der Waals surface area contributed by atoms with Crippen LogP contribution in [0.2, 0.25) is 0 Å². The van der Waals surface area contributed by atoms with Gasteiger partial charge in [-0.25, -0.2) is 5.43 Å². The highest BCUT2D eigenvalue weighted by Crippen LogP contribution is 2.36. The number of hydrazone groups is 1. The summed E-state index contributed by atoms with van der Waals surface area (Å²) in [5.41, 5.74) is 7.63. The van der Waals surface area contributed by atoms with Gasteiger partial charge in [-0.3, -0.25) is 4.79 Å². The molecule has 0 unspecified atom stereocenters. The molecule has 4 nitrogen and oxygen atoms in total. The highest BCUT2D eigenvalue weighted by atomic mass is 16.3. The molecule has 1 amide bonds. The van der Waals surface area contributed by atoms with Gasteiger partial charge in [0.1, 0.15) is 0 Å². The highest BCUT2D eigenvalue weighted by molar-refractivity contribution is 6.24. The zero-order valence-corrected chi connectivity index (χ0v) is 11.6. The van der Waals surface area contributed by atoms with E-state index in [2.05, 4.69) is 22.7 Å². The second-order valence-electron chi connectivity index (χ2n) is 4.97. The molecule has 4 heteroatoms. The average Bonchev–Trinajstić information content (AvgIpc) is 3.20. The van der Waals surface area contributed by atoms with Crippen LogP contribution in [0.5, 0.6) is 0 Å². The minimum Gasteiger partial charge on any atom is -0.459 e. The topological polar surface area (TPSA) is 54.6 Å². The first-order valence-electron chi connectivity index (χ1n) is 6.95. The molecule has 0 atom stereocenters. The third-order valence-electron chi connectivity index (χ3n) is 3.67. The Hall–Kier alpha value is -3.14. The molecule has 0 bridgehead atoms. The van der Waals surface area contributed by atoms with Crippen molar-refractivity contribution >= 4 is 11.6 Å². The second-order valence-corrected chi connectivity index (χ2v) is 4.97. The minimum absolute atomic E-state index is 0.240. The number of rotatable bonds is 2. The maximum atomic E-state index is 12.0. The summed E-state index contributed by atoms with van der Waals surface area (Å²) in [5.74, 6) is -0.122. The van der Waals surface area contributed by atoms with Crippen LogP contribution in [0.15, 0.2) is 76.4 Å². The molecule has 0 spiro atoms. The Bertz CT molecular complexity index is 832. The van der Waals surface area contributed by atoms with Crippen molar-refractivity contribution in [2.24, 2.45) is 5.10 Å². The summed E-state index contributed by atoms with van der Waals surface area (Å²) in [4.78, 5) is 12.0. The summed E-state index contributed by atoms with van der Waals surface area (Å²) < 4.78 is 5.07. The van der Waals surface area contributed by atoms with E-state index in [1.54, 1.807) is 12.1 Å². The zero-order valence-electron chi connectivity index (χ0n) is 11.6. The van der Waals surface area contributed by atoms with E-state index in [0.717, 1.165) is 28.0 Å². The quantitative estimate of drug-likeness (QED) is 0.574. The standard InChI is InChI=1S/C18H12N2O2/c21-18(16-10-5-11-22-16)20-19-17-14-8-3-1-6-12(14)13-7-2-4-9-15(13)17/h1-11H,(H,20,21). The Balaban J connectivity index is 1.75. The van der Waals surface area contributed by atoms with Gasteiger partial charge in [0.05, 0.1) is 12.0 Å². The molecule has 0 saturated carbocycles. The van der Waals surface area contributed by atoms with Crippen molar-refractivity contribution in [3.63, 3.8) is 0 Å². The molecule has 3 aromatic rings. The smallest absolute Gasteiger partial charge is 0.307 e. The van der Waals surface area contributed by atoms with Crippen LogP contribution in [-0.4, -0.2) is 11.6 Å². The van der Waals surface area contributed by atoms with E-state index in [0.29, 0.717) is 0 Å². The normalized spacial score (nSPS) is 11.7. The fourth-order valence-electron chi connectivity index (χ4n) is 2.68. The molecule has 1 aromatic heterocycles. The molecule has 0 aliphatic heterocycles. The van der Waals surface area contributed by atoms with Crippen LogP contribution in [-0.2, 0) is 0 Å². The van der Waals surface area contributed by atoms with Crippen molar-refractivity contribution < 1.29 is 9.21 Å². The lowest BCUT2D eigenvalue weighted by Gasteiger charge is -2.02. The van der Waals surface area contributed by atoms with Crippen molar-refractivity contribution in [2.75, 3.05) is 0 Å². The van der Waals surface area contributed by atoms with E-state index in [1.165, 1.54) is 6.26 Å². The van der Waals surface area contributed by atoms with E-state index >= 15 is 0 Å². The monoisotopic (exact) mass is 288 g/mol. The second kappa shape index (κ2) is 5.00. The fraction of sp³-hybridized carbons (Fsp3) is 0. The SMILES string of the molecule is O=C(NN=C1c2ccccc2-c2ccccc21)c1ccco1. The van der Waals surface area contributed by atoms with Crippen LogP contribution in [0.3, 0.4) is 0 Å². The van der Waals surface area contributed by atoms with Gasteiger partial charge in [-0.1, -0.05) is 48.5 Å². The molecule has 4 rings (SSSR count). The molecule has 22 heavy (non-hydrogen) atoms. The summed E-state index contributed by atoms with van der Waals surface area (Å²) in [6.07, 6.45) is 1.46. The maximum Gasteiger partial charge on any atom is 0.307 e. The molecule has 1 N–H and O–H groups in total. The predicted octanol–water partition coefficient (Wildman–Crippen LogP) is 3.44. The number of fused-ring (bicyclic) bond motifs is 3. The van der Waals surface area contributed by atoms with Gasteiger partial charge in [-0.15, -0.1) is 0 Å². The number of hydrogen-bond donors (Lipinski definition) is 1. The lowest BCUT2D eigenvalue weighted by molar-refractivity contribution is 0.0927. The Morgan fingerprint density at radius 3 is 1.95 bits per heavy atom. The third-order valence-corrected chi connectivity index (χ3v) is 3.67. The molecular weight excluding hydrogens is 276 g/mol. The maximum absolute atomic E-state index is 12.0. The van der Waals surface area contributed by atoms with Gasteiger partial charge in [0, 0.05) is 11.1 Å². The molecule has 1 aliphatic rings. The van der Waals surface area contributed by atoms with E-state index in [4.69, 9.17) is 4.42 Å². The van der Waals surface area contributed by atoms with E-state index in [1.807, 2.05) is 36.4 Å². The van der Waals surface area contributed by atoms with Gasteiger partial charge in [0.2, 0.25) is 0 Å². The Morgan fingerprint density at radius 1 is 0.818 bits per heavy atom. The molecular formula is C18H12N2O2. The van der Waals surface area contributed by atoms with Gasteiger partial charge < -0.3 is 4.42 Å². The van der Waals surface area contributed by atoms with Crippen molar-refractivity contribution in [2.45, 2.75) is 0 Å². The van der Waals surface area contributed by atoms with Crippen LogP contribution in [0.1, 0.15) is 21.7 Å². The number of benzene rings is 2. The summed E-state index contributed by atoms with van der Waals surface area (Å²) in [5, 5.41) is 4.32. The van der Waals surface area contributed by atoms with E-state index < -0.39 is 0 Å². The highest BCUT2D eigenvalue weighted by Gasteiger charge is 2.24. The molecule has 1 heterocycles. The van der Waals surface area contributed by atoms with Gasteiger partial charge in [-0.2, -0.15) is 5.10 Å². The van der Waals surface area contributed by atoms with Gasteiger partial charge in [-0.05, 0) is 23.3 Å². The number of carbonyl (C=O) groups excluding carboxylic acids is 1. The molecule has 1 aliphatic carbocycles. The first-order valence-corrected chi connectivity index (χ1v) is 6.95. The molecule has 0 saturated heterocycles. The van der Waals surface area contributed by atoms with Crippen LogP contribution in [0.4, 0.5) is 0 Å². The van der Waals surface area contributed by atoms with E-state index in [9.17, 15) is 4.79 Å². The third kappa shape index (κ3) is 1.93. The molecule has 2 aromatic carbocycles. The van der Waals surface area contributed by atoms with Crippen molar-refractivity contribution in [1.82, 2.24) is 5.43 Å². The number of amides is 1. The Labute approximate surface area is 127 Å². The van der Waals surface area contributed by atoms with Crippen LogP contribution in [0.25, 0.3) is 11.1 Å². The lowest BCUT2D eigenvalue weighted by atomic mass is 10.1. The summed E-state index contributed by atoms with van der Waals surface area (Å²) >= 11 is 0. The Morgan fingerprint density at radius 2 is 1.41 bits per heavy atom. The fourth-order valence-corrected chi connectivity index (χ4v) is 2.68. The van der Waals surface area contributed by atoms with E-state index in [-0.39, 0.29) is 11.7 Å². The molecule has 0 fully saturated rings. The van der Waals surface area contributed by atoms with Gasteiger partial charge in [0.15, 0.2) is 5.76 Å². The number of nitrogens with one attached hydrogen (secondary N) is 1. The molecule has 106 valence electrons. The lowest BCUT2D eigenvalue weighted by Crippen LogP contribution is -2.19. The average molecular weight is 288 g/mol. The minimum atomic E-state index is -0.362. The van der Waals surface area contributed by atoms with Crippen molar-refractivity contribution in [3.8, 4) is 11.1 Å². The Kier molecular flexibility index (Phi) is 2.86. The first kappa shape index (κ1) is 12.6. The number of carbonyl (C=O) groups is 1. The van der Waals surface area contributed by atoms with Gasteiger partial charge in [0.25, 0.3) is 0 Å². The summed E-state index contributed by atoms with van der Waals surface area (Å²) in [6.45, 7) is 0. The van der Waals surface area contributed by atoms with Crippen molar-refractivity contribution in [1.29, 1.82) is 0 Å². The largest absolute Gasteiger partial charge is 0.459 e. The first-order chi connectivity index (χ1) is 10.8. The predicted molar refractivity (Wildman–Crippen MR) is 83.7 cm³/mol. The van der Waals surface area contributed by atoms with Crippen LogP contribution >= 0.6 is 0 Å². The number of nitrogens with zero attached hydrogens (tertiary/aromatic N) is 1. The summed E-state index contributed by atoms with van der Waals surface area (Å²) in [7, 11) is 0. The summed E-state index contributed by atoms with van der Waals surface area (Å²) in [6, 6.07) is 19.3. The van der Waals surface area contributed by atoms with Crippen molar-refractivity contribution in [3.05, 3.63) is 83.8 Å². The number of hydrogen-bond acceptors (Lipinski definition) is 3.